The smallest absolute Gasteiger partial charge is 0.374 e. The van der Waals surface area contributed by atoms with Crippen molar-refractivity contribution in [2.45, 2.75) is 31.8 Å². The summed E-state index contributed by atoms with van der Waals surface area (Å²) in [6.45, 7) is 2.22. The Morgan fingerprint density at radius 1 is 1.00 bits per heavy atom. The lowest BCUT2D eigenvalue weighted by atomic mass is 10.1. The lowest BCUT2D eigenvalue weighted by Crippen LogP contribution is -2.30. The number of hydrogen-bond donors (Lipinski definition) is 1. The van der Waals surface area contributed by atoms with Gasteiger partial charge >= 0.3 is 11.9 Å². The van der Waals surface area contributed by atoms with Gasteiger partial charge < -0.3 is 19.3 Å². The van der Waals surface area contributed by atoms with Crippen LogP contribution in [0.15, 0.2) is 72.8 Å². The number of alkyl halides is 2. The number of para-hydroxylation sites is 1. The van der Waals surface area contributed by atoms with Crippen molar-refractivity contribution >= 4 is 17.6 Å². The molecular weight excluding hydrogens is 454 g/mol. The van der Waals surface area contributed by atoms with Gasteiger partial charge in [-0.1, -0.05) is 41.9 Å². The number of carboxylic acids is 1. The second-order valence-electron chi connectivity index (χ2n) is 7.40. The molecule has 3 aromatic carbocycles. The standard InChI is InChI=1S/C25H23ClF2O5/c1-17(13-14-31-20-10-7-18(8-11-20)16-25(27,28)24(29)30)32-22-12-9-19(26)15-23(22)33-21-5-3-2-4-6-21/h2-12,15,17H,13-14,16H2,1H3,(H,29,30). The summed E-state index contributed by atoms with van der Waals surface area (Å²) in [4.78, 5) is 10.6. The van der Waals surface area contributed by atoms with Gasteiger partial charge in [0.1, 0.15) is 11.5 Å². The molecule has 3 rings (SSSR count). The van der Waals surface area contributed by atoms with E-state index in [1.54, 1.807) is 18.2 Å². The van der Waals surface area contributed by atoms with E-state index in [9.17, 15) is 13.6 Å². The van der Waals surface area contributed by atoms with Gasteiger partial charge in [-0.25, -0.2) is 4.79 Å². The van der Waals surface area contributed by atoms with Crippen LogP contribution in [0, 0.1) is 0 Å². The van der Waals surface area contributed by atoms with Crippen LogP contribution >= 0.6 is 11.6 Å². The Balaban J connectivity index is 1.52. The monoisotopic (exact) mass is 476 g/mol. The molecular formula is C25H23ClF2O5. The second kappa shape index (κ2) is 11.0. The van der Waals surface area contributed by atoms with E-state index in [0.717, 1.165) is 0 Å². The van der Waals surface area contributed by atoms with Gasteiger partial charge in [0, 0.05) is 23.9 Å². The van der Waals surface area contributed by atoms with Crippen LogP contribution in [0.5, 0.6) is 23.0 Å². The summed E-state index contributed by atoms with van der Waals surface area (Å²) in [7, 11) is 0. The average Bonchev–Trinajstić information content (AvgIpc) is 2.77. The maximum atomic E-state index is 13.3. The predicted octanol–water partition coefficient (Wildman–Crippen LogP) is 6.63. The number of benzene rings is 3. The van der Waals surface area contributed by atoms with E-state index in [0.29, 0.717) is 41.0 Å². The molecule has 0 aliphatic rings. The van der Waals surface area contributed by atoms with E-state index in [1.165, 1.54) is 24.3 Å². The first-order chi connectivity index (χ1) is 15.7. The number of ether oxygens (including phenoxy) is 3. The summed E-state index contributed by atoms with van der Waals surface area (Å²) in [6, 6.07) is 20.3. The third-order valence-corrected chi connectivity index (χ3v) is 4.90. The van der Waals surface area contributed by atoms with Crippen LogP contribution in [0.2, 0.25) is 5.02 Å². The van der Waals surface area contributed by atoms with E-state index in [2.05, 4.69) is 0 Å². The van der Waals surface area contributed by atoms with Crippen LogP contribution in [0.4, 0.5) is 8.78 Å². The van der Waals surface area contributed by atoms with Crippen molar-refractivity contribution in [1.29, 1.82) is 0 Å². The molecule has 1 unspecified atom stereocenters. The molecule has 0 saturated heterocycles. The third-order valence-electron chi connectivity index (χ3n) is 4.66. The van der Waals surface area contributed by atoms with Gasteiger partial charge in [-0.3, -0.25) is 0 Å². The van der Waals surface area contributed by atoms with Gasteiger partial charge in [-0.05, 0) is 48.9 Å². The Bertz CT molecular complexity index is 1060. The second-order valence-corrected chi connectivity index (χ2v) is 7.84. The van der Waals surface area contributed by atoms with Gasteiger partial charge in [0.2, 0.25) is 0 Å². The first-order valence-electron chi connectivity index (χ1n) is 10.2. The van der Waals surface area contributed by atoms with Crippen molar-refractivity contribution in [2.75, 3.05) is 6.61 Å². The first-order valence-corrected chi connectivity index (χ1v) is 10.6. The fraction of sp³-hybridized carbons (Fsp3) is 0.240. The highest BCUT2D eigenvalue weighted by Gasteiger charge is 2.38. The average molecular weight is 477 g/mol. The van der Waals surface area contributed by atoms with Crippen molar-refractivity contribution in [3.05, 3.63) is 83.4 Å². The fourth-order valence-corrected chi connectivity index (χ4v) is 3.09. The zero-order valence-corrected chi connectivity index (χ0v) is 18.6. The minimum Gasteiger partial charge on any atom is -0.493 e. The van der Waals surface area contributed by atoms with Crippen molar-refractivity contribution in [1.82, 2.24) is 0 Å². The Morgan fingerprint density at radius 3 is 2.36 bits per heavy atom. The highest BCUT2D eigenvalue weighted by atomic mass is 35.5. The Morgan fingerprint density at radius 2 is 1.70 bits per heavy atom. The van der Waals surface area contributed by atoms with Crippen molar-refractivity contribution in [3.63, 3.8) is 0 Å². The summed E-state index contributed by atoms with van der Waals surface area (Å²) in [5.74, 6) is -3.77. The van der Waals surface area contributed by atoms with Gasteiger partial charge in [-0.2, -0.15) is 8.78 Å². The molecule has 0 bridgehead atoms. The van der Waals surface area contributed by atoms with E-state index in [1.807, 2.05) is 37.3 Å². The van der Waals surface area contributed by atoms with Crippen LogP contribution in [-0.4, -0.2) is 29.7 Å². The number of carboxylic acid groups (broad SMARTS) is 1. The highest BCUT2D eigenvalue weighted by Crippen LogP contribution is 2.35. The molecule has 33 heavy (non-hydrogen) atoms. The maximum absolute atomic E-state index is 13.3. The number of aliphatic carboxylic acids is 1. The SMILES string of the molecule is CC(CCOc1ccc(CC(F)(F)C(=O)O)cc1)Oc1ccc(Cl)cc1Oc1ccccc1. The number of rotatable bonds is 11. The third kappa shape index (κ3) is 7.36. The number of halogens is 3. The van der Waals surface area contributed by atoms with Crippen molar-refractivity contribution in [2.24, 2.45) is 0 Å². The van der Waals surface area contributed by atoms with Crippen molar-refractivity contribution in [3.8, 4) is 23.0 Å². The molecule has 0 fully saturated rings. The van der Waals surface area contributed by atoms with E-state index in [-0.39, 0.29) is 11.7 Å². The van der Waals surface area contributed by atoms with Crippen LogP contribution in [0.1, 0.15) is 18.9 Å². The molecule has 3 aromatic rings. The van der Waals surface area contributed by atoms with Crippen LogP contribution in [0.3, 0.4) is 0 Å². The van der Waals surface area contributed by atoms with E-state index in [4.69, 9.17) is 30.9 Å². The molecule has 0 heterocycles. The van der Waals surface area contributed by atoms with E-state index < -0.39 is 18.3 Å². The Hall–Kier alpha value is -3.32. The molecule has 0 spiro atoms. The van der Waals surface area contributed by atoms with Gasteiger partial charge in [0.05, 0.1) is 12.7 Å². The molecule has 0 aliphatic heterocycles. The van der Waals surface area contributed by atoms with Crippen LogP contribution in [-0.2, 0) is 11.2 Å². The summed E-state index contributed by atoms with van der Waals surface area (Å²) in [6.07, 6.45) is -0.536. The minimum absolute atomic E-state index is 0.208. The lowest BCUT2D eigenvalue weighted by Gasteiger charge is -2.18. The highest BCUT2D eigenvalue weighted by molar-refractivity contribution is 6.30. The molecule has 0 aromatic heterocycles. The zero-order valence-electron chi connectivity index (χ0n) is 17.8. The Labute approximate surface area is 195 Å². The molecule has 0 radical (unpaired) electrons. The Kier molecular flexibility index (Phi) is 8.11. The van der Waals surface area contributed by atoms with Crippen molar-refractivity contribution < 1.29 is 32.9 Å². The van der Waals surface area contributed by atoms with Gasteiger partial charge in [-0.15, -0.1) is 0 Å². The lowest BCUT2D eigenvalue weighted by molar-refractivity contribution is -0.164. The maximum Gasteiger partial charge on any atom is 0.374 e. The zero-order chi connectivity index (χ0) is 23.8. The quantitative estimate of drug-likeness (QED) is 0.336. The summed E-state index contributed by atoms with van der Waals surface area (Å²) >= 11 is 6.11. The normalized spacial score (nSPS) is 12.1. The minimum atomic E-state index is -3.81. The summed E-state index contributed by atoms with van der Waals surface area (Å²) < 4.78 is 44.2. The molecule has 8 heteroatoms. The van der Waals surface area contributed by atoms with Crippen LogP contribution in [0.25, 0.3) is 0 Å². The summed E-state index contributed by atoms with van der Waals surface area (Å²) in [5, 5.41) is 9.06. The summed E-state index contributed by atoms with van der Waals surface area (Å²) in [5.41, 5.74) is 0.208. The fourth-order valence-electron chi connectivity index (χ4n) is 2.93. The molecule has 0 aliphatic carbocycles. The molecule has 1 atom stereocenters. The molecule has 174 valence electrons. The van der Waals surface area contributed by atoms with E-state index >= 15 is 0 Å². The molecule has 0 amide bonds. The van der Waals surface area contributed by atoms with Gasteiger partial charge in [0.25, 0.3) is 0 Å². The molecule has 1 N–H and O–H groups in total. The predicted molar refractivity (Wildman–Crippen MR) is 121 cm³/mol. The van der Waals surface area contributed by atoms with Gasteiger partial charge in [0.15, 0.2) is 11.5 Å². The number of hydrogen-bond acceptors (Lipinski definition) is 4. The largest absolute Gasteiger partial charge is 0.493 e. The molecule has 0 saturated carbocycles. The first kappa shape index (κ1) is 24.3. The topological polar surface area (TPSA) is 65.0 Å². The number of carbonyl (C=O) groups is 1. The van der Waals surface area contributed by atoms with Crippen LogP contribution < -0.4 is 14.2 Å². The molecule has 5 nitrogen and oxygen atoms in total.